The van der Waals surface area contributed by atoms with Gasteiger partial charge in [0.2, 0.25) is 0 Å². The van der Waals surface area contributed by atoms with E-state index in [2.05, 4.69) is 52.2 Å². The van der Waals surface area contributed by atoms with E-state index in [9.17, 15) is 0 Å². The summed E-state index contributed by atoms with van der Waals surface area (Å²) in [5.74, 6) is 0.866. The molecule has 5 heteroatoms. The van der Waals surface area contributed by atoms with E-state index in [1.807, 2.05) is 24.3 Å². The predicted octanol–water partition coefficient (Wildman–Crippen LogP) is 5.63. The molecule has 3 aromatic heterocycles. The van der Waals surface area contributed by atoms with Crippen molar-refractivity contribution >= 4 is 17.0 Å². The van der Waals surface area contributed by atoms with Gasteiger partial charge in [0.1, 0.15) is 0 Å². The number of aryl methyl sites for hydroxylation is 1. The van der Waals surface area contributed by atoms with Gasteiger partial charge in [-0.2, -0.15) is 0 Å². The van der Waals surface area contributed by atoms with Crippen LogP contribution in [-0.4, -0.2) is 9.55 Å². The maximum absolute atomic E-state index is 5.67. The zero-order valence-corrected chi connectivity index (χ0v) is 16.0. The molecule has 3 heterocycles. The molecule has 4 nitrogen and oxygen atoms in total. The molecular formula is C22H21N3OS. The first-order valence-corrected chi connectivity index (χ1v) is 9.92. The summed E-state index contributed by atoms with van der Waals surface area (Å²) in [6.45, 7) is 2.24. The molecule has 4 aromatic rings. The Labute approximate surface area is 162 Å². The Hall–Kier alpha value is -2.92. The standard InChI is InChI=1S/C22H21N3OS/c1-17(11-12-18-7-3-2-4-8-18)25-20(21-10-6-14-26-21)16-27-22(25)24-19-9-5-13-23-15-19/h2-10,13-17H,11-12H2,1H3. The molecule has 1 unspecified atom stereocenters. The first-order valence-electron chi connectivity index (χ1n) is 9.04. The molecule has 0 saturated heterocycles. The molecule has 0 fully saturated rings. The first kappa shape index (κ1) is 17.5. The van der Waals surface area contributed by atoms with E-state index < -0.39 is 0 Å². The van der Waals surface area contributed by atoms with Crippen LogP contribution in [-0.2, 0) is 6.42 Å². The molecule has 4 rings (SSSR count). The SMILES string of the molecule is CC(CCc1ccccc1)n1c(-c2ccco2)csc1=Nc1cccnc1. The topological polar surface area (TPSA) is 43.3 Å². The van der Waals surface area contributed by atoms with Crippen molar-refractivity contribution in [3.8, 4) is 11.5 Å². The third-order valence-corrected chi connectivity index (χ3v) is 5.36. The molecule has 0 aliphatic heterocycles. The number of aromatic nitrogens is 2. The third-order valence-electron chi connectivity index (χ3n) is 4.52. The third kappa shape index (κ3) is 4.09. The quantitative estimate of drug-likeness (QED) is 0.438. The smallest absolute Gasteiger partial charge is 0.190 e. The van der Waals surface area contributed by atoms with Crippen molar-refractivity contribution in [1.82, 2.24) is 9.55 Å². The van der Waals surface area contributed by atoms with Crippen LogP contribution in [0.1, 0.15) is 24.9 Å². The van der Waals surface area contributed by atoms with E-state index in [0.717, 1.165) is 34.8 Å². The van der Waals surface area contributed by atoms with Crippen molar-refractivity contribution in [3.63, 3.8) is 0 Å². The van der Waals surface area contributed by atoms with Gasteiger partial charge in [-0.05, 0) is 49.6 Å². The van der Waals surface area contributed by atoms with E-state index in [0.29, 0.717) is 0 Å². The summed E-state index contributed by atoms with van der Waals surface area (Å²) in [5, 5.41) is 2.12. The van der Waals surface area contributed by atoms with Crippen molar-refractivity contribution < 1.29 is 4.42 Å². The zero-order valence-electron chi connectivity index (χ0n) is 15.2. The Morgan fingerprint density at radius 2 is 2.00 bits per heavy atom. The zero-order chi connectivity index (χ0) is 18.5. The molecule has 0 radical (unpaired) electrons. The van der Waals surface area contributed by atoms with Crippen LogP contribution >= 0.6 is 11.3 Å². The van der Waals surface area contributed by atoms with Crippen LogP contribution in [0.5, 0.6) is 0 Å². The second-order valence-electron chi connectivity index (χ2n) is 6.45. The van der Waals surface area contributed by atoms with Crippen LogP contribution < -0.4 is 4.80 Å². The van der Waals surface area contributed by atoms with Gasteiger partial charge in [-0.15, -0.1) is 11.3 Å². The fourth-order valence-electron chi connectivity index (χ4n) is 3.11. The number of nitrogens with zero attached hydrogens (tertiary/aromatic N) is 3. The van der Waals surface area contributed by atoms with Gasteiger partial charge in [-0.3, -0.25) is 4.98 Å². The number of furan rings is 1. The van der Waals surface area contributed by atoms with E-state index in [-0.39, 0.29) is 6.04 Å². The van der Waals surface area contributed by atoms with Crippen LogP contribution in [0.25, 0.3) is 11.5 Å². The molecule has 0 bridgehead atoms. The minimum Gasteiger partial charge on any atom is -0.463 e. The minimum atomic E-state index is 0.284. The molecule has 1 atom stereocenters. The predicted molar refractivity (Wildman–Crippen MR) is 109 cm³/mol. The fourth-order valence-corrected chi connectivity index (χ4v) is 4.11. The summed E-state index contributed by atoms with van der Waals surface area (Å²) in [5.41, 5.74) is 3.27. The van der Waals surface area contributed by atoms with E-state index >= 15 is 0 Å². The normalized spacial score (nSPS) is 13.0. The molecule has 0 aliphatic carbocycles. The highest BCUT2D eigenvalue weighted by Gasteiger charge is 2.16. The Balaban J connectivity index is 1.70. The molecule has 27 heavy (non-hydrogen) atoms. The number of thiazole rings is 1. The molecule has 0 spiro atoms. The van der Waals surface area contributed by atoms with Gasteiger partial charge in [0.05, 0.1) is 23.8 Å². The largest absolute Gasteiger partial charge is 0.463 e. The monoisotopic (exact) mass is 375 g/mol. The van der Waals surface area contributed by atoms with Crippen LogP contribution in [0.2, 0.25) is 0 Å². The molecule has 0 saturated carbocycles. The Morgan fingerprint density at radius 3 is 2.74 bits per heavy atom. The van der Waals surface area contributed by atoms with Gasteiger partial charge in [0, 0.05) is 17.6 Å². The Bertz CT molecular complexity index is 1030. The van der Waals surface area contributed by atoms with Gasteiger partial charge in [-0.1, -0.05) is 30.3 Å². The number of hydrogen-bond acceptors (Lipinski definition) is 4. The first-order chi connectivity index (χ1) is 13.3. The molecule has 1 aromatic carbocycles. The molecule has 0 N–H and O–H groups in total. The van der Waals surface area contributed by atoms with Crippen LogP contribution in [0.15, 0.2) is 88.0 Å². The molecular weight excluding hydrogens is 354 g/mol. The summed E-state index contributed by atoms with van der Waals surface area (Å²) < 4.78 is 7.95. The fraction of sp³-hybridized carbons (Fsp3) is 0.182. The van der Waals surface area contributed by atoms with E-state index in [1.54, 1.807) is 30.0 Å². The van der Waals surface area contributed by atoms with Gasteiger partial charge < -0.3 is 8.98 Å². The van der Waals surface area contributed by atoms with Crippen molar-refractivity contribution in [2.75, 3.05) is 0 Å². The van der Waals surface area contributed by atoms with Gasteiger partial charge in [-0.25, -0.2) is 4.99 Å². The van der Waals surface area contributed by atoms with Gasteiger partial charge in [0.25, 0.3) is 0 Å². The number of benzene rings is 1. The minimum absolute atomic E-state index is 0.284. The highest BCUT2D eigenvalue weighted by molar-refractivity contribution is 7.07. The van der Waals surface area contributed by atoms with Crippen LogP contribution in [0.3, 0.4) is 0 Å². The van der Waals surface area contributed by atoms with Gasteiger partial charge >= 0.3 is 0 Å². The number of pyridine rings is 1. The molecule has 0 amide bonds. The Kier molecular flexibility index (Phi) is 5.30. The highest BCUT2D eigenvalue weighted by atomic mass is 32.1. The van der Waals surface area contributed by atoms with Crippen molar-refractivity contribution in [1.29, 1.82) is 0 Å². The van der Waals surface area contributed by atoms with Crippen molar-refractivity contribution in [3.05, 3.63) is 89.0 Å². The average Bonchev–Trinajstić information content (AvgIpc) is 3.37. The highest BCUT2D eigenvalue weighted by Crippen LogP contribution is 2.26. The van der Waals surface area contributed by atoms with Crippen LogP contribution in [0.4, 0.5) is 5.69 Å². The van der Waals surface area contributed by atoms with E-state index in [1.165, 1.54) is 5.56 Å². The molecule has 136 valence electrons. The maximum Gasteiger partial charge on any atom is 0.190 e. The van der Waals surface area contributed by atoms with Crippen molar-refractivity contribution in [2.24, 2.45) is 4.99 Å². The summed E-state index contributed by atoms with van der Waals surface area (Å²) in [7, 11) is 0. The molecule has 0 aliphatic rings. The summed E-state index contributed by atoms with van der Waals surface area (Å²) in [6.07, 6.45) is 7.30. The second kappa shape index (κ2) is 8.18. The van der Waals surface area contributed by atoms with Crippen LogP contribution in [0, 0.1) is 0 Å². The van der Waals surface area contributed by atoms with E-state index in [4.69, 9.17) is 9.41 Å². The van der Waals surface area contributed by atoms with Crippen molar-refractivity contribution in [2.45, 2.75) is 25.8 Å². The lowest BCUT2D eigenvalue weighted by Crippen LogP contribution is -2.20. The maximum atomic E-state index is 5.67. The lowest BCUT2D eigenvalue weighted by molar-refractivity contribution is 0.490. The number of hydrogen-bond donors (Lipinski definition) is 0. The average molecular weight is 375 g/mol. The summed E-state index contributed by atoms with van der Waals surface area (Å²) >= 11 is 1.63. The number of rotatable bonds is 6. The Morgan fingerprint density at radius 1 is 1.11 bits per heavy atom. The lowest BCUT2D eigenvalue weighted by atomic mass is 10.1. The summed E-state index contributed by atoms with van der Waals surface area (Å²) in [6, 6.07) is 18.7. The summed E-state index contributed by atoms with van der Waals surface area (Å²) in [4.78, 5) is 9.95. The van der Waals surface area contributed by atoms with Gasteiger partial charge in [0.15, 0.2) is 10.6 Å². The lowest BCUT2D eigenvalue weighted by Gasteiger charge is -2.16. The second-order valence-corrected chi connectivity index (χ2v) is 7.28.